The molecule has 1 heteroatoms. The summed E-state index contributed by atoms with van der Waals surface area (Å²) in [5.74, 6) is 0. The molecule has 0 bridgehead atoms. The molecule has 0 heterocycles. The van der Waals surface area contributed by atoms with Gasteiger partial charge >= 0.3 is 20.4 Å². The third kappa shape index (κ3) is 2.72. The largest absolute Gasteiger partial charge is 0.374 e. The van der Waals surface area contributed by atoms with Crippen LogP contribution in [0.3, 0.4) is 0 Å². The SMILES string of the molecule is C[CH2][Mg][CH]1C=CCCC1. The molecule has 1 rings (SSSR count). The zero-order valence-corrected chi connectivity index (χ0v) is 7.68. The minimum Gasteiger partial charge on any atom is -0.147 e. The fourth-order valence-corrected chi connectivity index (χ4v) is 3.20. The van der Waals surface area contributed by atoms with Crippen LogP contribution in [0.5, 0.6) is 0 Å². The Morgan fingerprint density at radius 1 is 1.67 bits per heavy atom. The predicted molar refractivity (Wildman–Crippen MR) is 43.0 cm³/mol. The summed E-state index contributed by atoms with van der Waals surface area (Å²) >= 11 is 0.289. The molecule has 0 spiro atoms. The Bertz CT molecular complexity index is 96.7. The molecular formula is C8H14Mg. The summed E-state index contributed by atoms with van der Waals surface area (Å²) in [6.07, 6.45) is 9.12. The van der Waals surface area contributed by atoms with Crippen molar-refractivity contribution in [2.45, 2.75) is 34.8 Å². The molecule has 0 saturated heterocycles. The van der Waals surface area contributed by atoms with Crippen molar-refractivity contribution in [3.8, 4) is 0 Å². The quantitative estimate of drug-likeness (QED) is 0.402. The molecular weight excluding hydrogens is 120 g/mol. The predicted octanol–water partition coefficient (Wildman–Crippen LogP) is 2.66. The summed E-state index contributed by atoms with van der Waals surface area (Å²) in [4.78, 5) is 0. The second-order valence-electron chi connectivity index (χ2n) is 2.91. The van der Waals surface area contributed by atoms with Crippen molar-refractivity contribution >= 4 is 20.4 Å². The zero-order valence-electron chi connectivity index (χ0n) is 6.27. The van der Waals surface area contributed by atoms with Crippen molar-refractivity contribution in [3.05, 3.63) is 12.2 Å². The molecule has 1 aliphatic carbocycles. The van der Waals surface area contributed by atoms with Crippen LogP contribution >= 0.6 is 0 Å². The number of allylic oxidation sites excluding steroid dienone is 2. The van der Waals surface area contributed by atoms with Crippen LogP contribution in [0.25, 0.3) is 0 Å². The average Bonchev–Trinajstić information content (AvgIpc) is 1.91. The van der Waals surface area contributed by atoms with E-state index < -0.39 is 0 Å². The van der Waals surface area contributed by atoms with Gasteiger partial charge in [0, 0.05) is 0 Å². The van der Waals surface area contributed by atoms with Gasteiger partial charge in [-0.05, 0) is 6.42 Å². The topological polar surface area (TPSA) is 0 Å². The Morgan fingerprint density at radius 2 is 2.56 bits per heavy atom. The third-order valence-electron chi connectivity index (χ3n) is 2.01. The summed E-state index contributed by atoms with van der Waals surface area (Å²) in [6, 6.07) is 0. The molecule has 0 N–H and O–H groups in total. The molecule has 0 radical (unpaired) electrons. The number of rotatable bonds is 2. The van der Waals surface area contributed by atoms with Gasteiger partial charge in [-0.3, -0.25) is 0 Å². The van der Waals surface area contributed by atoms with Gasteiger partial charge in [-0.25, -0.2) is 0 Å². The minimum absolute atomic E-state index is 0.289. The second kappa shape index (κ2) is 4.34. The van der Waals surface area contributed by atoms with Crippen LogP contribution in [0.15, 0.2) is 12.2 Å². The van der Waals surface area contributed by atoms with Crippen molar-refractivity contribution in [2.24, 2.45) is 0 Å². The molecule has 0 saturated carbocycles. The lowest BCUT2D eigenvalue weighted by Crippen LogP contribution is -2.01. The van der Waals surface area contributed by atoms with Gasteiger partial charge in [0.2, 0.25) is 0 Å². The van der Waals surface area contributed by atoms with E-state index in [2.05, 4.69) is 19.1 Å². The lowest BCUT2D eigenvalue weighted by Gasteiger charge is -2.13. The molecule has 48 valence electrons. The normalized spacial score (nSPS) is 25.7. The first-order valence-electron chi connectivity index (χ1n) is 4.10. The molecule has 0 fully saturated rings. The Kier molecular flexibility index (Phi) is 3.67. The third-order valence-corrected chi connectivity index (χ3v) is 4.01. The highest BCUT2D eigenvalue weighted by Gasteiger charge is 2.08. The highest BCUT2D eigenvalue weighted by atomic mass is 24.5. The van der Waals surface area contributed by atoms with E-state index in [4.69, 9.17) is 0 Å². The molecule has 1 unspecified atom stereocenters. The van der Waals surface area contributed by atoms with Gasteiger partial charge in [-0.1, -0.05) is 25.8 Å². The van der Waals surface area contributed by atoms with E-state index in [-0.39, 0.29) is 20.4 Å². The van der Waals surface area contributed by atoms with Gasteiger partial charge in [0.1, 0.15) is 0 Å². The Hall–Kier alpha value is 0.506. The van der Waals surface area contributed by atoms with Crippen LogP contribution in [-0.4, -0.2) is 20.4 Å². The van der Waals surface area contributed by atoms with Crippen molar-refractivity contribution in [2.75, 3.05) is 0 Å². The molecule has 1 atom stereocenters. The van der Waals surface area contributed by atoms with Gasteiger partial charge in [0.05, 0.1) is 0 Å². The van der Waals surface area contributed by atoms with Crippen LogP contribution < -0.4 is 0 Å². The molecule has 1 aliphatic rings. The Labute approximate surface area is 67.4 Å². The van der Waals surface area contributed by atoms with Crippen molar-refractivity contribution in [1.82, 2.24) is 0 Å². The fraction of sp³-hybridized carbons (Fsp3) is 0.750. The van der Waals surface area contributed by atoms with E-state index in [0.29, 0.717) is 0 Å². The van der Waals surface area contributed by atoms with Crippen molar-refractivity contribution < 1.29 is 0 Å². The molecule has 0 aromatic carbocycles. The van der Waals surface area contributed by atoms with E-state index >= 15 is 0 Å². The lowest BCUT2D eigenvalue weighted by molar-refractivity contribution is 0.723. The van der Waals surface area contributed by atoms with E-state index in [1.165, 1.54) is 23.8 Å². The maximum absolute atomic E-state index is 2.46. The van der Waals surface area contributed by atoms with Gasteiger partial charge < -0.3 is 0 Å². The first kappa shape index (κ1) is 7.61. The molecule has 0 nitrogen and oxygen atoms in total. The first-order valence-corrected chi connectivity index (χ1v) is 5.92. The standard InChI is InChI=1S/C6H9.C2H5.Mg/c1-2-4-6-5-3-1;1-2;/h1-3H,4-6H2;1H2,2H3;. The lowest BCUT2D eigenvalue weighted by atomic mass is 10.1. The zero-order chi connectivity index (χ0) is 6.53. The Balaban J connectivity index is 2.23. The van der Waals surface area contributed by atoms with Gasteiger partial charge in [-0.2, -0.15) is 0 Å². The molecule has 0 aromatic heterocycles. The second-order valence-corrected chi connectivity index (χ2v) is 5.53. The molecule has 0 aliphatic heterocycles. The van der Waals surface area contributed by atoms with Gasteiger partial charge in [0.25, 0.3) is 0 Å². The number of hydrogen-bond donors (Lipinski definition) is 0. The van der Waals surface area contributed by atoms with E-state index in [9.17, 15) is 0 Å². The van der Waals surface area contributed by atoms with Crippen LogP contribution in [0, 0.1) is 0 Å². The number of hydrogen-bond acceptors (Lipinski definition) is 0. The van der Waals surface area contributed by atoms with E-state index in [1.54, 1.807) is 0 Å². The van der Waals surface area contributed by atoms with E-state index in [1.807, 2.05) is 0 Å². The summed E-state index contributed by atoms with van der Waals surface area (Å²) in [6.45, 7) is 2.33. The van der Waals surface area contributed by atoms with Crippen LogP contribution in [-0.2, 0) is 0 Å². The van der Waals surface area contributed by atoms with Crippen LogP contribution in [0.2, 0.25) is 8.60 Å². The summed E-state index contributed by atoms with van der Waals surface area (Å²) in [7, 11) is 0. The van der Waals surface area contributed by atoms with Crippen LogP contribution in [0.4, 0.5) is 0 Å². The first-order chi connectivity index (χ1) is 4.43. The minimum atomic E-state index is 0.289. The molecule has 0 aromatic rings. The molecule has 0 amide bonds. The summed E-state index contributed by atoms with van der Waals surface area (Å²) < 4.78 is 2.54. The maximum Gasteiger partial charge on any atom is 0.374 e. The summed E-state index contributed by atoms with van der Waals surface area (Å²) in [5, 5.41) is 0. The van der Waals surface area contributed by atoms with Gasteiger partial charge in [-0.15, -0.1) is 14.7 Å². The van der Waals surface area contributed by atoms with Crippen molar-refractivity contribution in [3.63, 3.8) is 0 Å². The highest BCUT2D eigenvalue weighted by molar-refractivity contribution is 6.38. The smallest absolute Gasteiger partial charge is 0.147 e. The fourth-order valence-electron chi connectivity index (χ4n) is 1.49. The monoisotopic (exact) mass is 134 g/mol. The Morgan fingerprint density at radius 3 is 3.11 bits per heavy atom. The van der Waals surface area contributed by atoms with Crippen molar-refractivity contribution in [1.29, 1.82) is 0 Å². The van der Waals surface area contributed by atoms with Crippen LogP contribution in [0.1, 0.15) is 26.2 Å². The maximum atomic E-state index is 2.46. The average molecular weight is 135 g/mol. The summed E-state index contributed by atoms with van der Waals surface area (Å²) in [5.41, 5.74) is 0. The highest BCUT2D eigenvalue weighted by Crippen LogP contribution is 2.21. The van der Waals surface area contributed by atoms with Gasteiger partial charge in [0.15, 0.2) is 0 Å². The molecule has 9 heavy (non-hydrogen) atoms. The van der Waals surface area contributed by atoms with E-state index in [0.717, 1.165) is 4.05 Å².